The van der Waals surface area contributed by atoms with Gasteiger partial charge in [-0.25, -0.2) is 18.2 Å². The highest BCUT2D eigenvalue weighted by atomic mass is 32.2. The van der Waals surface area contributed by atoms with Crippen molar-refractivity contribution in [1.29, 1.82) is 0 Å². The third kappa shape index (κ3) is 2.57. The molecule has 1 aromatic carbocycles. The molecule has 2 rings (SSSR count). The third-order valence-electron chi connectivity index (χ3n) is 2.86. The van der Waals surface area contributed by atoms with Crippen LogP contribution in [-0.4, -0.2) is 38.7 Å². The number of aliphatic imine (C=N–C) groups is 1. The lowest BCUT2D eigenvalue weighted by Crippen LogP contribution is -2.32. The molecule has 1 aliphatic rings. The molecule has 0 saturated heterocycles. The van der Waals surface area contributed by atoms with Gasteiger partial charge in [0.2, 0.25) is 0 Å². The maximum atomic E-state index is 12.3. The van der Waals surface area contributed by atoms with Gasteiger partial charge in [-0.05, 0) is 19.1 Å². The first-order chi connectivity index (χ1) is 9.46. The van der Waals surface area contributed by atoms with Crippen LogP contribution in [0.3, 0.4) is 0 Å². The number of hydrogen-bond donors (Lipinski definition) is 0. The summed E-state index contributed by atoms with van der Waals surface area (Å²) >= 11 is 0. The van der Waals surface area contributed by atoms with Crippen LogP contribution >= 0.6 is 0 Å². The lowest BCUT2D eigenvalue weighted by Gasteiger charge is -2.22. The van der Waals surface area contributed by atoms with Crippen LogP contribution in [0.1, 0.15) is 6.92 Å². The van der Waals surface area contributed by atoms with Crippen LogP contribution in [-0.2, 0) is 19.6 Å². The standard InChI is InChI=1S/C13H14N2O4S/c1-10(13(16)19-2)7-8-15-9-14-11-5-3-4-6-12(11)20(15,17)18/h3-7,9H,8H2,1-2H3. The fraction of sp³-hybridized carbons (Fsp3) is 0.231. The molecule has 0 radical (unpaired) electrons. The molecule has 0 bridgehead atoms. The normalized spacial score (nSPS) is 16.7. The quantitative estimate of drug-likeness (QED) is 0.625. The summed E-state index contributed by atoms with van der Waals surface area (Å²) in [5.41, 5.74) is 0.757. The van der Waals surface area contributed by atoms with Gasteiger partial charge in [0.1, 0.15) is 11.2 Å². The number of methoxy groups -OCH3 is 1. The number of sulfonamides is 1. The number of esters is 1. The molecule has 1 aromatic rings. The van der Waals surface area contributed by atoms with Gasteiger partial charge in [-0.1, -0.05) is 18.2 Å². The molecule has 7 heteroatoms. The maximum absolute atomic E-state index is 12.3. The Morgan fingerprint density at radius 3 is 2.80 bits per heavy atom. The van der Waals surface area contributed by atoms with Gasteiger partial charge >= 0.3 is 5.97 Å². The molecule has 0 aliphatic carbocycles. The maximum Gasteiger partial charge on any atom is 0.333 e. The van der Waals surface area contributed by atoms with Crippen molar-refractivity contribution in [1.82, 2.24) is 4.31 Å². The second-order valence-corrected chi connectivity index (χ2v) is 6.02. The van der Waals surface area contributed by atoms with E-state index in [1.807, 2.05) is 0 Å². The molecule has 0 atom stereocenters. The molecule has 0 saturated carbocycles. The molecule has 1 heterocycles. The molecular formula is C13H14N2O4S. The topological polar surface area (TPSA) is 76.0 Å². The monoisotopic (exact) mass is 294 g/mol. The SMILES string of the molecule is COC(=O)C(C)=CCN1C=Nc2ccccc2S1(=O)=O. The average Bonchev–Trinajstić information content (AvgIpc) is 2.45. The number of benzene rings is 1. The largest absolute Gasteiger partial charge is 0.466 e. The lowest BCUT2D eigenvalue weighted by molar-refractivity contribution is -0.136. The zero-order valence-corrected chi connectivity index (χ0v) is 11.9. The van der Waals surface area contributed by atoms with E-state index in [-0.39, 0.29) is 11.4 Å². The molecule has 20 heavy (non-hydrogen) atoms. The Bertz CT molecular complexity index is 692. The summed E-state index contributed by atoms with van der Waals surface area (Å²) in [7, 11) is -2.35. The zero-order valence-electron chi connectivity index (χ0n) is 11.1. The number of carbonyl (C=O) groups excluding carboxylic acids is 1. The molecule has 0 fully saturated rings. The van der Waals surface area contributed by atoms with E-state index in [9.17, 15) is 13.2 Å². The molecular weight excluding hydrogens is 280 g/mol. The van der Waals surface area contributed by atoms with Crippen LogP contribution in [0.4, 0.5) is 5.69 Å². The predicted octanol–water partition coefficient (Wildman–Crippen LogP) is 1.47. The Balaban J connectivity index is 2.27. The van der Waals surface area contributed by atoms with Gasteiger partial charge in [0.15, 0.2) is 0 Å². The lowest BCUT2D eigenvalue weighted by atomic mass is 10.3. The van der Waals surface area contributed by atoms with Gasteiger partial charge in [-0.15, -0.1) is 0 Å². The number of para-hydroxylation sites is 1. The Hall–Kier alpha value is -2.15. The molecule has 0 amide bonds. The van der Waals surface area contributed by atoms with Crippen LogP contribution < -0.4 is 0 Å². The number of ether oxygens (including phenoxy) is 1. The van der Waals surface area contributed by atoms with Crippen LogP contribution in [0.5, 0.6) is 0 Å². The number of fused-ring (bicyclic) bond motifs is 1. The summed E-state index contributed by atoms with van der Waals surface area (Å²) in [6.45, 7) is 1.59. The first kappa shape index (κ1) is 14.3. The van der Waals surface area contributed by atoms with E-state index in [0.717, 1.165) is 4.31 Å². The van der Waals surface area contributed by atoms with Gasteiger partial charge in [0, 0.05) is 5.57 Å². The van der Waals surface area contributed by atoms with Gasteiger partial charge in [-0.2, -0.15) is 0 Å². The highest BCUT2D eigenvalue weighted by Gasteiger charge is 2.27. The Labute approximate surface area is 117 Å². The van der Waals surface area contributed by atoms with Crippen molar-refractivity contribution in [2.45, 2.75) is 11.8 Å². The number of carbonyl (C=O) groups is 1. The molecule has 0 aromatic heterocycles. The average molecular weight is 294 g/mol. The third-order valence-corrected chi connectivity index (χ3v) is 4.62. The highest BCUT2D eigenvalue weighted by Crippen LogP contribution is 2.29. The van der Waals surface area contributed by atoms with E-state index >= 15 is 0 Å². The molecule has 0 unspecified atom stereocenters. The van der Waals surface area contributed by atoms with Gasteiger partial charge in [0.05, 0.1) is 19.3 Å². The van der Waals surface area contributed by atoms with E-state index in [0.29, 0.717) is 11.3 Å². The summed E-state index contributed by atoms with van der Waals surface area (Å²) in [6.07, 6.45) is 2.74. The minimum absolute atomic E-state index is 0.0289. The van der Waals surface area contributed by atoms with E-state index in [2.05, 4.69) is 9.73 Å². The Kier molecular flexibility index (Phi) is 3.89. The Morgan fingerprint density at radius 1 is 1.40 bits per heavy atom. The van der Waals surface area contributed by atoms with E-state index in [4.69, 9.17) is 0 Å². The minimum atomic E-state index is -3.62. The van der Waals surface area contributed by atoms with Gasteiger partial charge in [-0.3, -0.25) is 4.31 Å². The smallest absolute Gasteiger partial charge is 0.333 e. The van der Waals surface area contributed by atoms with Gasteiger partial charge in [0.25, 0.3) is 10.0 Å². The highest BCUT2D eigenvalue weighted by molar-refractivity contribution is 7.89. The summed E-state index contributed by atoms with van der Waals surface area (Å²) in [5.74, 6) is -0.489. The number of hydrogen-bond acceptors (Lipinski definition) is 5. The molecule has 1 aliphatic heterocycles. The second kappa shape index (κ2) is 5.46. The number of nitrogens with zero attached hydrogens (tertiary/aromatic N) is 2. The predicted molar refractivity (Wildman–Crippen MR) is 74.3 cm³/mol. The molecule has 6 nitrogen and oxygen atoms in total. The van der Waals surface area contributed by atoms with E-state index in [1.54, 1.807) is 25.1 Å². The molecule has 0 N–H and O–H groups in total. The fourth-order valence-corrected chi connectivity index (χ4v) is 3.04. The van der Waals surface area contributed by atoms with Crippen LogP contribution in [0.25, 0.3) is 0 Å². The summed E-state index contributed by atoms with van der Waals surface area (Å²) in [4.78, 5) is 15.5. The van der Waals surface area contributed by atoms with Crippen molar-refractivity contribution in [3.8, 4) is 0 Å². The zero-order chi connectivity index (χ0) is 14.8. The first-order valence-electron chi connectivity index (χ1n) is 5.87. The summed E-state index contributed by atoms with van der Waals surface area (Å²) in [6, 6.07) is 6.51. The van der Waals surface area contributed by atoms with Crippen molar-refractivity contribution < 1.29 is 17.9 Å². The molecule has 0 spiro atoms. The number of rotatable bonds is 3. The van der Waals surface area contributed by atoms with E-state index < -0.39 is 16.0 Å². The van der Waals surface area contributed by atoms with Gasteiger partial charge < -0.3 is 4.74 Å². The second-order valence-electron chi connectivity index (χ2n) is 4.17. The first-order valence-corrected chi connectivity index (χ1v) is 7.31. The molecule has 106 valence electrons. The van der Waals surface area contributed by atoms with Crippen LogP contribution in [0.15, 0.2) is 45.8 Å². The van der Waals surface area contributed by atoms with Crippen molar-refractivity contribution in [3.05, 3.63) is 35.9 Å². The fourth-order valence-electron chi connectivity index (χ4n) is 1.71. The van der Waals surface area contributed by atoms with Crippen LogP contribution in [0, 0.1) is 0 Å². The van der Waals surface area contributed by atoms with E-state index in [1.165, 1.54) is 25.6 Å². The summed E-state index contributed by atoms with van der Waals surface area (Å²) in [5, 5.41) is 0. The Morgan fingerprint density at radius 2 is 2.10 bits per heavy atom. The van der Waals surface area contributed by atoms with Crippen molar-refractivity contribution in [3.63, 3.8) is 0 Å². The van der Waals surface area contributed by atoms with Crippen molar-refractivity contribution in [2.24, 2.45) is 4.99 Å². The van der Waals surface area contributed by atoms with Crippen molar-refractivity contribution >= 4 is 28.0 Å². The van der Waals surface area contributed by atoms with Crippen LogP contribution in [0.2, 0.25) is 0 Å². The summed E-state index contributed by atoms with van der Waals surface area (Å²) < 4.78 is 30.3. The minimum Gasteiger partial charge on any atom is -0.466 e. The van der Waals surface area contributed by atoms with Crippen molar-refractivity contribution in [2.75, 3.05) is 13.7 Å².